The average molecular weight is 372 g/mol. The quantitative estimate of drug-likeness (QED) is 0.728. The summed E-state index contributed by atoms with van der Waals surface area (Å²) in [6.45, 7) is 20.0. The number of rotatable bonds is 5. The zero-order valence-electron chi connectivity index (χ0n) is 17.6. The molecule has 0 aromatic carbocycles. The largest absolute Gasteiger partial charge is 0.375 e. The highest BCUT2D eigenvalue weighted by atomic mass is 15.2. The Morgan fingerprint density at radius 3 is 2.11 bits per heavy atom. The molecular weight excluding hydrogens is 330 g/mol. The Morgan fingerprint density at radius 2 is 1.52 bits per heavy atom. The Balaban J connectivity index is 1.16. The number of hydrogen-bond donors (Lipinski definition) is 1. The van der Waals surface area contributed by atoms with Gasteiger partial charge >= 0.3 is 0 Å². The first-order chi connectivity index (χ1) is 13.0. The van der Waals surface area contributed by atoms with Crippen LogP contribution in [0.5, 0.6) is 0 Å². The van der Waals surface area contributed by atoms with Crippen molar-refractivity contribution in [2.24, 2.45) is 23.2 Å². The SMILES string of the molecule is C=C(C)C1CCC(C(=C)N2CCC(CN3CC4(CCNCC4)C3)CC2)CC1. The first kappa shape index (κ1) is 19.5. The van der Waals surface area contributed by atoms with Gasteiger partial charge in [-0.1, -0.05) is 18.7 Å². The van der Waals surface area contributed by atoms with Gasteiger partial charge in [-0.2, -0.15) is 0 Å². The smallest absolute Gasteiger partial charge is 0.0178 e. The summed E-state index contributed by atoms with van der Waals surface area (Å²) in [6, 6.07) is 0. The highest BCUT2D eigenvalue weighted by Gasteiger charge is 2.43. The lowest BCUT2D eigenvalue weighted by Crippen LogP contribution is -2.60. The molecule has 4 aliphatic rings. The summed E-state index contributed by atoms with van der Waals surface area (Å²) >= 11 is 0. The zero-order valence-corrected chi connectivity index (χ0v) is 17.6. The van der Waals surface area contributed by atoms with Gasteiger partial charge in [0.05, 0.1) is 0 Å². The van der Waals surface area contributed by atoms with Gasteiger partial charge in [0.15, 0.2) is 0 Å². The fourth-order valence-corrected chi connectivity index (χ4v) is 6.25. The van der Waals surface area contributed by atoms with Crippen molar-refractivity contribution in [3.63, 3.8) is 0 Å². The van der Waals surface area contributed by atoms with Crippen LogP contribution >= 0.6 is 0 Å². The van der Waals surface area contributed by atoms with Gasteiger partial charge in [0, 0.05) is 38.4 Å². The molecule has 0 radical (unpaired) electrons. The molecule has 3 heteroatoms. The summed E-state index contributed by atoms with van der Waals surface area (Å²) in [4.78, 5) is 5.38. The Labute approximate surface area is 167 Å². The van der Waals surface area contributed by atoms with Crippen LogP contribution in [0.4, 0.5) is 0 Å². The molecule has 3 saturated heterocycles. The second kappa shape index (κ2) is 8.29. The van der Waals surface area contributed by atoms with Gasteiger partial charge in [-0.25, -0.2) is 0 Å². The third-order valence-electron chi connectivity index (χ3n) is 8.21. The predicted octanol–water partition coefficient (Wildman–Crippen LogP) is 4.28. The van der Waals surface area contributed by atoms with E-state index in [0.29, 0.717) is 5.41 Å². The van der Waals surface area contributed by atoms with Crippen LogP contribution in [0, 0.1) is 23.2 Å². The van der Waals surface area contributed by atoms with Crippen LogP contribution in [-0.4, -0.2) is 55.6 Å². The minimum Gasteiger partial charge on any atom is -0.375 e. The maximum atomic E-state index is 4.53. The second-order valence-corrected chi connectivity index (χ2v) is 10.2. The highest BCUT2D eigenvalue weighted by molar-refractivity contribution is 5.07. The first-order valence-electron chi connectivity index (χ1n) is 11.6. The number of allylic oxidation sites excluding steroid dienone is 2. The Kier molecular flexibility index (Phi) is 5.99. The fourth-order valence-electron chi connectivity index (χ4n) is 6.25. The van der Waals surface area contributed by atoms with Crippen LogP contribution < -0.4 is 5.32 Å². The van der Waals surface area contributed by atoms with Crippen LogP contribution in [0.2, 0.25) is 0 Å². The summed E-state index contributed by atoms with van der Waals surface area (Å²) in [7, 11) is 0. The zero-order chi connectivity index (χ0) is 18.9. The first-order valence-corrected chi connectivity index (χ1v) is 11.6. The molecule has 1 spiro atoms. The van der Waals surface area contributed by atoms with Crippen molar-refractivity contribution in [3.8, 4) is 0 Å². The van der Waals surface area contributed by atoms with E-state index in [1.807, 2.05) is 0 Å². The monoisotopic (exact) mass is 371 g/mol. The van der Waals surface area contributed by atoms with Gasteiger partial charge in [-0.15, -0.1) is 0 Å². The van der Waals surface area contributed by atoms with Gasteiger partial charge < -0.3 is 15.1 Å². The van der Waals surface area contributed by atoms with E-state index in [1.165, 1.54) is 108 Å². The molecule has 152 valence electrons. The number of nitrogens with one attached hydrogen (secondary N) is 1. The molecule has 4 rings (SSSR count). The van der Waals surface area contributed by atoms with Crippen molar-refractivity contribution >= 4 is 0 Å². The van der Waals surface area contributed by atoms with E-state index >= 15 is 0 Å². The Hall–Kier alpha value is -0.800. The standard InChI is InChI=1S/C24H41N3/c1-19(2)22-4-6-23(7-5-22)20(3)27-14-8-21(9-15-27)16-26-17-24(18-26)10-12-25-13-11-24/h21-23,25H,1,3-18H2,2H3. The van der Waals surface area contributed by atoms with Crippen molar-refractivity contribution in [2.45, 2.75) is 58.3 Å². The van der Waals surface area contributed by atoms with E-state index < -0.39 is 0 Å². The van der Waals surface area contributed by atoms with E-state index in [4.69, 9.17) is 0 Å². The van der Waals surface area contributed by atoms with E-state index in [0.717, 1.165) is 17.8 Å². The molecule has 0 unspecified atom stereocenters. The summed E-state index contributed by atoms with van der Waals surface area (Å²) in [5.41, 5.74) is 3.52. The molecule has 0 bridgehead atoms. The predicted molar refractivity (Wildman–Crippen MR) is 115 cm³/mol. The van der Waals surface area contributed by atoms with Crippen molar-refractivity contribution in [1.29, 1.82) is 0 Å². The lowest BCUT2D eigenvalue weighted by Gasteiger charge is -2.54. The minimum atomic E-state index is 0.683. The maximum absolute atomic E-state index is 4.53. The Bertz CT molecular complexity index is 524. The molecule has 27 heavy (non-hydrogen) atoms. The van der Waals surface area contributed by atoms with Crippen molar-refractivity contribution in [3.05, 3.63) is 24.4 Å². The molecule has 3 heterocycles. The molecule has 1 N–H and O–H groups in total. The van der Waals surface area contributed by atoms with Crippen LogP contribution in [0.25, 0.3) is 0 Å². The molecule has 0 aromatic heterocycles. The van der Waals surface area contributed by atoms with Crippen molar-refractivity contribution < 1.29 is 0 Å². The maximum Gasteiger partial charge on any atom is 0.0178 e. The third kappa shape index (κ3) is 4.45. The van der Waals surface area contributed by atoms with E-state index in [-0.39, 0.29) is 0 Å². The topological polar surface area (TPSA) is 18.5 Å². The molecule has 1 saturated carbocycles. The van der Waals surface area contributed by atoms with Gasteiger partial charge in [0.25, 0.3) is 0 Å². The average Bonchev–Trinajstić information content (AvgIpc) is 2.68. The van der Waals surface area contributed by atoms with Crippen LogP contribution in [0.15, 0.2) is 24.4 Å². The number of likely N-dealkylation sites (tertiary alicyclic amines) is 2. The number of hydrogen-bond acceptors (Lipinski definition) is 3. The summed E-state index contributed by atoms with van der Waals surface area (Å²) in [5, 5.41) is 3.52. The summed E-state index contributed by atoms with van der Waals surface area (Å²) < 4.78 is 0. The van der Waals surface area contributed by atoms with Gasteiger partial charge in [-0.3, -0.25) is 0 Å². The number of nitrogens with zero attached hydrogens (tertiary/aromatic N) is 2. The molecule has 3 aliphatic heterocycles. The molecule has 4 fully saturated rings. The van der Waals surface area contributed by atoms with Crippen LogP contribution in [-0.2, 0) is 0 Å². The van der Waals surface area contributed by atoms with Crippen LogP contribution in [0.3, 0.4) is 0 Å². The second-order valence-electron chi connectivity index (χ2n) is 10.2. The van der Waals surface area contributed by atoms with E-state index in [1.54, 1.807) is 0 Å². The fraction of sp³-hybridized carbons (Fsp3) is 0.833. The molecule has 0 amide bonds. The molecule has 3 nitrogen and oxygen atoms in total. The third-order valence-corrected chi connectivity index (χ3v) is 8.21. The lowest BCUT2D eigenvalue weighted by molar-refractivity contribution is -0.0359. The van der Waals surface area contributed by atoms with Gasteiger partial charge in [-0.05, 0) is 94.5 Å². The minimum absolute atomic E-state index is 0.683. The molecular formula is C24H41N3. The van der Waals surface area contributed by atoms with E-state index in [9.17, 15) is 0 Å². The van der Waals surface area contributed by atoms with Gasteiger partial charge in [0.2, 0.25) is 0 Å². The summed E-state index contributed by atoms with van der Waals surface area (Å²) in [6.07, 6.45) is 10.8. The molecule has 1 aliphatic carbocycles. The summed E-state index contributed by atoms with van der Waals surface area (Å²) in [5.74, 6) is 2.40. The normalized spacial score (nSPS) is 32.3. The molecule has 0 atom stereocenters. The Morgan fingerprint density at radius 1 is 0.926 bits per heavy atom. The van der Waals surface area contributed by atoms with Gasteiger partial charge in [0.1, 0.15) is 0 Å². The molecule has 0 aromatic rings. The van der Waals surface area contributed by atoms with Crippen LogP contribution in [0.1, 0.15) is 58.3 Å². The van der Waals surface area contributed by atoms with Crippen molar-refractivity contribution in [1.82, 2.24) is 15.1 Å². The van der Waals surface area contributed by atoms with Crippen molar-refractivity contribution in [2.75, 3.05) is 45.8 Å². The lowest BCUT2D eigenvalue weighted by atomic mass is 9.72. The number of piperidine rings is 2. The highest BCUT2D eigenvalue weighted by Crippen LogP contribution is 2.40. The van der Waals surface area contributed by atoms with E-state index in [2.05, 4.69) is 35.2 Å².